The Hall–Kier alpha value is -0.220. The van der Waals surface area contributed by atoms with E-state index in [0.29, 0.717) is 24.0 Å². The van der Waals surface area contributed by atoms with E-state index in [0.717, 1.165) is 3.57 Å². The van der Waals surface area contributed by atoms with Crippen molar-refractivity contribution in [3.63, 3.8) is 0 Å². The number of hydrogen-bond acceptors (Lipinski definition) is 5. The minimum absolute atomic E-state index is 0.118. The summed E-state index contributed by atoms with van der Waals surface area (Å²) in [5.41, 5.74) is 1.51. The molecule has 0 spiro atoms. The summed E-state index contributed by atoms with van der Waals surface area (Å²) in [6.45, 7) is 2.60. The van der Waals surface area contributed by atoms with Gasteiger partial charge in [0, 0.05) is 33.1 Å². The highest BCUT2D eigenvalue weighted by molar-refractivity contribution is 14.1. The number of carbonyl (C=O) groups is 3. The molecule has 2 amide bonds. The van der Waals surface area contributed by atoms with Crippen molar-refractivity contribution in [3.05, 3.63) is 21.8 Å². The van der Waals surface area contributed by atoms with Crippen LogP contribution >= 0.6 is 67.8 Å². The van der Waals surface area contributed by atoms with Gasteiger partial charge in [0.05, 0.1) is 21.4 Å². The molecule has 0 aliphatic carbocycles. The van der Waals surface area contributed by atoms with Crippen LogP contribution in [-0.2, 0) is 20.9 Å². The summed E-state index contributed by atoms with van der Waals surface area (Å²) in [6.07, 6.45) is 0. The van der Waals surface area contributed by atoms with E-state index in [2.05, 4.69) is 33.2 Å². The molecule has 0 aliphatic rings. The minimum Gasteiger partial charge on any atom is -0.460 e. The molecule has 0 heterocycles. The fourth-order valence-corrected chi connectivity index (χ4v) is 6.02. The summed E-state index contributed by atoms with van der Waals surface area (Å²) in [7, 11) is 0. The fraction of sp³-hybridized carbons (Fsp3) is 0.357. The second kappa shape index (κ2) is 10.1. The molecule has 0 unspecified atom stereocenters. The Labute approximate surface area is 180 Å². The third-order valence-corrected chi connectivity index (χ3v) is 6.21. The first kappa shape index (κ1) is 21.8. The Kier molecular flexibility index (Phi) is 9.14. The number of carbonyl (C=O) groups excluding carboxylic acids is 3. The number of amides is 2. The van der Waals surface area contributed by atoms with Gasteiger partial charge in [0.25, 0.3) is 0 Å². The molecular formula is C14H15I3N2O5. The quantitative estimate of drug-likeness (QED) is 0.318. The van der Waals surface area contributed by atoms with Crippen LogP contribution in [0.2, 0.25) is 0 Å². The first-order valence-corrected chi connectivity index (χ1v) is 9.93. The van der Waals surface area contributed by atoms with Crippen LogP contribution in [0.3, 0.4) is 0 Å². The van der Waals surface area contributed by atoms with E-state index < -0.39 is 5.97 Å². The van der Waals surface area contributed by atoms with E-state index in [-0.39, 0.29) is 31.6 Å². The van der Waals surface area contributed by atoms with Crippen molar-refractivity contribution < 1.29 is 24.2 Å². The summed E-state index contributed by atoms with van der Waals surface area (Å²) >= 11 is 6.07. The molecular weight excluding hydrogens is 657 g/mol. The van der Waals surface area contributed by atoms with Gasteiger partial charge in [-0.15, -0.1) is 0 Å². The summed E-state index contributed by atoms with van der Waals surface area (Å²) < 4.78 is 6.94. The highest BCUT2D eigenvalue weighted by Gasteiger charge is 2.26. The molecule has 3 N–H and O–H groups in total. The van der Waals surface area contributed by atoms with Gasteiger partial charge in [0.15, 0.2) is 0 Å². The standard InChI is InChI=1S/C14H15I3N2O5/c1-6(21)18-5-8-10(15)9(14(23)24-4-3-20)12(17)13(11(8)16)19-7(2)22/h20H,3-5H2,1-2H3,(H,18,21)(H,19,22). The molecule has 0 aliphatic heterocycles. The normalized spacial score (nSPS) is 10.2. The number of benzene rings is 1. The summed E-state index contributed by atoms with van der Waals surface area (Å²) in [5.74, 6) is -1.07. The van der Waals surface area contributed by atoms with E-state index in [1.54, 1.807) is 0 Å². The van der Waals surface area contributed by atoms with Gasteiger partial charge in [-0.2, -0.15) is 0 Å². The Morgan fingerprint density at radius 1 is 1.04 bits per heavy atom. The zero-order chi connectivity index (χ0) is 18.4. The van der Waals surface area contributed by atoms with E-state index in [1.165, 1.54) is 13.8 Å². The average Bonchev–Trinajstić information content (AvgIpc) is 2.48. The van der Waals surface area contributed by atoms with Crippen molar-refractivity contribution in [2.75, 3.05) is 18.5 Å². The first-order chi connectivity index (χ1) is 11.2. The summed E-state index contributed by atoms with van der Waals surface area (Å²) in [4.78, 5) is 35.1. The van der Waals surface area contributed by atoms with Crippen LogP contribution in [0.4, 0.5) is 5.69 Å². The molecule has 7 nitrogen and oxygen atoms in total. The second-order valence-corrected chi connectivity index (χ2v) is 7.86. The lowest BCUT2D eigenvalue weighted by atomic mass is 10.1. The van der Waals surface area contributed by atoms with Gasteiger partial charge in [-0.1, -0.05) is 0 Å². The van der Waals surface area contributed by atoms with Gasteiger partial charge in [0.1, 0.15) is 6.61 Å². The van der Waals surface area contributed by atoms with Crippen LogP contribution < -0.4 is 10.6 Å². The molecule has 10 heteroatoms. The van der Waals surface area contributed by atoms with Crippen molar-refractivity contribution in [2.24, 2.45) is 0 Å². The van der Waals surface area contributed by atoms with E-state index in [4.69, 9.17) is 9.84 Å². The number of ether oxygens (including phenoxy) is 1. The first-order valence-electron chi connectivity index (χ1n) is 6.70. The number of halogens is 3. The highest BCUT2D eigenvalue weighted by Crippen LogP contribution is 2.36. The number of rotatable bonds is 6. The highest BCUT2D eigenvalue weighted by atomic mass is 127. The van der Waals surface area contributed by atoms with Crippen molar-refractivity contribution in [2.45, 2.75) is 20.4 Å². The largest absolute Gasteiger partial charge is 0.460 e. The van der Waals surface area contributed by atoms with Crippen LogP contribution in [0.25, 0.3) is 0 Å². The van der Waals surface area contributed by atoms with Gasteiger partial charge in [0.2, 0.25) is 11.8 Å². The SMILES string of the molecule is CC(=O)NCc1c(I)c(NC(C)=O)c(I)c(C(=O)OCCO)c1I. The Bertz CT molecular complexity index is 679. The maximum atomic E-state index is 12.3. The van der Waals surface area contributed by atoms with Crippen molar-refractivity contribution in [3.8, 4) is 0 Å². The number of aliphatic hydroxyl groups is 1. The Balaban J connectivity index is 3.49. The lowest BCUT2D eigenvalue weighted by Crippen LogP contribution is -2.23. The zero-order valence-corrected chi connectivity index (χ0v) is 19.3. The second-order valence-electron chi connectivity index (χ2n) is 4.62. The maximum absolute atomic E-state index is 12.3. The topological polar surface area (TPSA) is 105 Å². The molecule has 0 bridgehead atoms. The van der Waals surface area contributed by atoms with Crippen molar-refractivity contribution in [1.82, 2.24) is 5.32 Å². The van der Waals surface area contributed by atoms with Gasteiger partial charge in [-0.3, -0.25) is 9.59 Å². The van der Waals surface area contributed by atoms with Gasteiger partial charge >= 0.3 is 5.97 Å². The lowest BCUT2D eigenvalue weighted by Gasteiger charge is -2.19. The molecule has 0 radical (unpaired) electrons. The van der Waals surface area contributed by atoms with Gasteiger partial charge < -0.3 is 20.5 Å². The smallest absolute Gasteiger partial charge is 0.340 e. The summed E-state index contributed by atoms with van der Waals surface area (Å²) in [6, 6.07) is 0. The number of nitrogens with one attached hydrogen (secondary N) is 2. The van der Waals surface area contributed by atoms with Gasteiger partial charge in [-0.05, 0) is 67.8 Å². The number of esters is 1. The van der Waals surface area contributed by atoms with E-state index >= 15 is 0 Å². The third-order valence-electron chi connectivity index (χ3n) is 2.75. The predicted molar refractivity (Wildman–Crippen MR) is 114 cm³/mol. The zero-order valence-electron chi connectivity index (χ0n) is 12.8. The Morgan fingerprint density at radius 2 is 1.67 bits per heavy atom. The molecule has 0 fully saturated rings. The van der Waals surface area contributed by atoms with E-state index in [9.17, 15) is 14.4 Å². The third kappa shape index (κ3) is 5.66. The van der Waals surface area contributed by atoms with Crippen LogP contribution in [0.15, 0.2) is 0 Å². The molecule has 1 aromatic rings. The van der Waals surface area contributed by atoms with Crippen molar-refractivity contribution >= 4 is 91.2 Å². The fourth-order valence-electron chi connectivity index (χ4n) is 1.76. The lowest BCUT2D eigenvalue weighted by molar-refractivity contribution is -0.119. The minimum atomic E-state index is -0.593. The van der Waals surface area contributed by atoms with Crippen LogP contribution in [0, 0.1) is 10.7 Å². The number of anilines is 1. The molecule has 1 rings (SSSR count). The van der Waals surface area contributed by atoms with Crippen LogP contribution in [0.5, 0.6) is 0 Å². The molecule has 1 aromatic carbocycles. The van der Waals surface area contributed by atoms with Gasteiger partial charge in [-0.25, -0.2) is 4.79 Å². The molecule has 0 saturated heterocycles. The molecule has 0 aromatic heterocycles. The van der Waals surface area contributed by atoms with Crippen molar-refractivity contribution in [1.29, 1.82) is 0 Å². The molecule has 24 heavy (non-hydrogen) atoms. The number of aliphatic hydroxyl groups excluding tert-OH is 1. The predicted octanol–water partition coefficient (Wildman–Crippen LogP) is 2.24. The number of hydrogen-bond donors (Lipinski definition) is 3. The summed E-state index contributed by atoms with van der Waals surface area (Å²) in [5, 5.41) is 14.2. The molecule has 0 saturated carbocycles. The van der Waals surface area contributed by atoms with Crippen LogP contribution in [-0.4, -0.2) is 36.1 Å². The van der Waals surface area contributed by atoms with E-state index in [1.807, 2.05) is 45.2 Å². The molecule has 132 valence electrons. The molecule has 0 atom stereocenters. The van der Waals surface area contributed by atoms with Crippen LogP contribution in [0.1, 0.15) is 29.8 Å². The maximum Gasteiger partial charge on any atom is 0.340 e. The Morgan fingerprint density at radius 3 is 2.17 bits per heavy atom. The average molecular weight is 672 g/mol. The monoisotopic (exact) mass is 672 g/mol.